The smallest absolute Gasteiger partial charge is 0.234 e. The second-order valence-electron chi connectivity index (χ2n) is 9.52. The molecule has 8 heteroatoms. The van der Waals surface area contributed by atoms with E-state index in [0.717, 1.165) is 30.5 Å². The van der Waals surface area contributed by atoms with Crippen LogP contribution < -0.4 is 5.32 Å². The number of aliphatic hydroxyl groups is 1. The van der Waals surface area contributed by atoms with Gasteiger partial charge in [0.25, 0.3) is 0 Å². The number of amidine groups is 1. The molecule has 1 aromatic carbocycles. The number of nitrogens with zero attached hydrogens (tertiary/aromatic N) is 3. The summed E-state index contributed by atoms with van der Waals surface area (Å²) in [6, 6.07) is 9.69. The van der Waals surface area contributed by atoms with Crippen LogP contribution in [-0.2, 0) is 21.8 Å². The van der Waals surface area contributed by atoms with E-state index in [4.69, 9.17) is 9.36 Å². The Morgan fingerprint density at radius 1 is 1.34 bits per heavy atom. The second kappa shape index (κ2) is 7.92. The number of carbonyl (C=O) groups is 1. The molecule has 32 heavy (non-hydrogen) atoms. The molecule has 2 N–H and O–H groups in total. The lowest BCUT2D eigenvalue weighted by Crippen LogP contribution is -2.52. The van der Waals surface area contributed by atoms with Crippen molar-refractivity contribution in [3.63, 3.8) is 0 Å². The highest BCUT2D eigenvalue weighted by molar-refractivity contribution is 5.94. The van der Waals surface area contributed by atoms with Gasteiger partial charge in [0.05, 0.1) is 17.8 Å². The van der Waals surface area contributed by atoms with Gasteiger partial charge < -0.3 is 24.7 Å². The van der Waals surface area contributed by atoms with Crippen molar-refractivity contribution < 1.29 is 19.3 Å². The summed E-state index contributed by atoms with van der Waals surface area (Å²) in [5.41, 5.74) is 2.39. The molecule has 1 spiro atoms. The number of hydrogen-bond donors (Lipinski definition) is 2. The highest BCUT2D eigenvalue weighted by atomic mass is 16.7. The first-order valence-corrected chi connectivity index (χ1v) is 11.4. The number of aryl methyl sites for hydroxylation is 2. The summed E-state index contributed by atoms with van der Waals surface area (Å²) >= 11 is 0. The number of oxime groups is 1. The zero-order chi connectivity index (χ0) is 22.5. The van der Waals surface area contributed by atoms with Crippen molar-refractivity contribution in [3.8, 4) is 0 Å². The number of amides is 1. The normalized spacial score (nSPS) is 27.8. The zero-order valence-corrected chi connectivity index (χ0v) is 18.7. The molecule has 5 rings (SSSR count). The summed E-state index contributed by atoms with van der Waals surface area (Å²) < 4.78 is 5.45. The number of aromatic nitrogens is 1. The van der Waals surface area contributed by atoms with Gasteiger partial charge in [-0.3, -0.25) is 4.79 Å². The summed E-state index contributed by atoms with van der Waals surface area (Å²) in [5, 5.41) is 22.4. The molecule has 0 bridgehead atoms. The first kappa shape index (κ1) is 21.0. The third kappa shape index (κ3) is 3.46. The van der Waals surface area contributed by atoms with Crippen molar-refractivity contribution in [2.75, 3.05) is 6.54 Å². The molecule has 8 nitrogen and oxygen atoms in total. The minimum atomic E-state index is -0.702. The van der Waals surface area contributed by atoms with E-state index in [1.807, 2.05) is 39.0 Å². The van der Waals surface area contributed by atoms with Gasteiger partial charge in [-0.2, -0.15) is 0 Å². The number of benzene rings is 1. The molecule has 1 aliphatic carbocycles. The Balaban J connectivity index is 1.41. The van der Waals surface area contributed by atoms with Crippen molar-refractivity contribution in [2.24, 2.45) is 11.1 Å². The van der Waals surface area contributed by atoms with Crippen LogP contribution in [0.15, 0.2) is 40.0 Å². The lowest BCUT2D eigenvalue weighted by atomic mass is 9.84. The fourth-order valence-electron chi connectivity index (χ4n) is 5.30. The molecule has 0 radical (unpaired) electrons. The number of β-amino-alcohol motifs (C(OH)–C–C–N with tert-alkyl or cyclic N) is 1. The molecule has 1 amide bonds. The Kier molecular flexibility index (Phi) is 5.20. The minimum absolute atomic E-state index is 0.0135. The van der Waals surface area contributed by atoms with Gasteiger partial charge in [0.2, 0.25) is 11.6 Å². The monoisotopic (exact) mass is 438 g/mol. The van der Waals surface area contributed by atoms with E-state index in [-0.39, 0.29) is 24.4 Å². The third-order valence-corrected chi connectivity index (χ3v) is 6.82. The lowest BCUT2D eigenvalue weighted by molar-refractivity contribution is -0.134. The molecule has 0 unspecified atom stereocenters. The van der Waals surface area contributed by atoms with Crippen LogP contribution in [0, 0.1) is 12.8 Å². The highest BCUT2D eigenvalue weighted by Gasteiger charge is 2.49. The fraction of sp³-hybridized carbons (Fsp3) is 0.542. The number of rotatable bonds is 4. The summed E-state index contributed by atoms with van der Waals surface area (Å²) in [4.78, 5) is 21.4. The average molecular weight is 439 g/mol. The second-order valence-corrected chi connectivity index (χ2v) is 9.52. The van der Waals surface area contributed by atoms with E-state index in [1.54, 1.807) is 4.90 Å². The maximum atomic E-state index is 13.7. The van der Waals surface area contributed by atoms with E-state index in [9.17, 15) is 9.90 Å². The maximum Gasteiger partial charge on any atom is 0.234 e. The Hall–Kier alpha value is -2.87. The summed E-state index contributed by atoms with van der Waals surface area (Å²) in [7, 11) is 0. The molecule has 170 valence electrons. The van der Waals surface area contributed by atoms with Gasteiger partial charge >= 0.3 is 0 Å². The van der Waals surface area contributed by atoms with E-state index >= 15 is 0 Å². The van der Waals surface area contributed by atoms with Crippen LogP contribution in [0.5, 0.6) is 0 Å². The summed E-state index contributed by atoms with van der Waals surface area (Å²) in [5.74, 6) is 0.601. The predicted molar refractivity (Wildman–Crippen MR) is 118 cm³/mol. The van der Waals surface area contributed by atoms with E-state index < -0.39 is 17.7 Å². The predicted octanol–water partition coefficient (Wildman–Crippen LogP) is 2.81. The molecule has 0 saturated carbocycles. The van der Waals surface area contributed by atoms with E-state index in [0.29, 0.717) is 18.0 Å². The van der Waals surface area contributed by atoms with Crippen molar-refractivity contribution in [1.82, 2.24) is 15.4 Å². The van der Waals surface area contributed by atoms with Gasteiger partial charge in [-0.05, 0) is 31.2 Å². The van der Waals surface area contributed by atoms with Crippen LogP contribution in [-0.4, -0.2) is 45.6 Å². The number of aliphatic hydroxyl groups excluding tert-OH is 1. The molecule has 3 heterocycles. The molecule has 1 aromatic heterocycles. The quantitative estimate of drug-likeness (QED) is 0.761. The van der Waals surface area contributed by atoms with Crippen molar-refractivity contribution in [1.29, 1.82) is 0 Å². The lowest BCUT2D eigenvalue weighted by Gasteiger charge is -2.35. The van der Waals surface area contributed by atoms with Gasteiger partial charge in [0, 0.05) is 31.0 Å². The van der Waals surface area contributed by atoms with Crippen molar-refractivity contribution in [2.45, 2.75) is 70.2 Å². The van der Waals surface area contributed by atoms with Gasteiger partial charge in [-0.25, -0.2) is 0 Å². The minimum Gasteiger partial charge on any atom is -0.391 e. The highest BCUT2D eigenvalue weighted by Crippen LogP contribution is 2.40. The summed E-state index contributed by atoms with van der Waals surface area (Å²) in [6.07, 6.45) is 2.60. The van der Waals surface area contributed by atoms with Crippen LogP contribution in [0.2, 0.25) is 0 Å². The molecular weight excluding hydrogens is 408 g/mol. The Morgan fingerprint density at radius 3 is 2.91 bits per heavy atom. The molecular formula is C24H30N4O4. The van der Waals surface area contributed by atoms with Gasteiger partial charge in [0.15, 0.2) is 5.84 Å². The SMILES string of the molecule is Cc1cc([C@H](C(=O)N2C[C@H](O)C[C@H]2C2=NO[C@]3(CCCc4ccccc43)N2)C(C)C)on1. The van der Waals surface area contributed by atoms with E-state index in [1.165, 1.54) is 5.56 Å². The number of fused-ring (bicyclic) bond motifs is 2. The number of likely N-dealkylation sites (tertiary alicyclic amines) is 1. The number of hydrogen-bond acceptors (Lipinski definition) is 7. The average Bonchev–Trinajstić information content (AvgIpc) is 3.48. The largest absolute Gasteiger partial charge is 0.391 e. The van der Waals surface area contributed by atoms with Crippen LogP contribution in [0.3, 0.4) is 0 Å². The van der Waals surface area contributed by atoms with Crippen molar-refractivity contribution in [3.05, 3.63) is 52.9 Å². The molecule has 2 aliphatic heterocycles. The molecule has 3 aliphatic rings. The molecule has 1 fully saturated rings. The van der Waals surface area contributed by atoms with Crippen LogP contribution >= 0.6 is 0 Å². The van der Waals surface area contributed by atoms with Crippen LogP contribution in [0.1, 0.15) is 61.6 Å². The van der Waals surface area contributed by atoms with Crippen LogP contribution in [0.4, 0.5) is 0 Å². The molecule has 4 atom stereocenters. The standard InChI is InChI=1S/C24H30N4O4/c1-14(2)21(20-11-15(3)26-31-20)23(30)28-13-17(29)12-19(28)22-25-24(32-27-22)10-6-8-16-7-4-5-9-18(16)24/h4-5,7,9,11,14,17,19,21,29H,6,8,10,12-13H2,1-3H3,(H,25,27)/t17-,19+,21-,24+/m1/s1. The first-order chi connectivity index (χ1) is 15.4. The van der Waals surface area contributed by atoms with Crippen molar-refractivity contribution >= 4 is 11.7 Å². The maximum absolute atomic E-state index is 13.7. The fourth-order valence-corrected chi connectivity index (χ4v) is 5.30. The Morgan fingerprint density at radius 2 is 2.16 bits per heavy atom. The first-order valence-electron chi connectivity index (χ1n) is 11.4. The van der Waals surface area contributed by atoms with Crippen LogP contribution in [0.25, 0.3) is 0 Å². The number of nitrogens with one attached hydrogen (secondary N) is 1. The Labute approximate surface area is 187 Å². The topological polar surface area (TPSA) is 100 Å². The molecule has 2 aromatic rings. The zero-order valence-electron chi connectivity index (χ0n) is 18.7. The Bertz CT molecular complexity index is 1050. The van der Waals surface area contributed by atoms with Gasteiger partial charge in [0.1, 0.15) is 11.7 Å². The van der Waals surface area contributed by atoms with Gasteiger partial charge in [-0.15, -0.1) is 0 Å². The van der Waals surface area contributed by atoms with E-state index in [2.05, 4.69) is 27.8 Å². The van der Waals surface area contributed by atoms with Gasteiger partial charge in [-0.1, -0.05) is 48.4 Å². The molecule has 1 saturated heterocycles. The summed E-state index contributed by atoms with van der Waals surface area (Å²) in [6.45, 7) is 6.08. The third-order valence-electron chi connectivity index (χ3n) is 6.82. The number of carbonyl (C=O) groups excluding carboxylic acids is 1.